The number of nitrogens with zero attached hydrogens (tertiary/aromatic N) is 5. The SMILES string of the molecule is N#Cc1ccc(NC(=O)CCn2cnc(C#N)n2)cc1. The van der Waals surface area contributed by atoms with Gasteiger partial charge in [0.1, 0.15) is 12.4 Å². The first-order valence-electron chi connectivity index (χ1n) is 5.81. The number of rotatable bonds is 4. The van der Waals surface area contributed by atoms with E-state index in [9.17, 15) is 4.79 Å². The quantitative estimate of drug-likeness (QED) is 0.889. The van der Waals surface area contributed by atoms with Gasteiger partial charge in [0, 0.05) is 12.1 Å². The van der Waals surface area contributed by atoms with Gasteiger partial charge in [0.05, 0.1) is 18.2 Å². The molecule has 0 bridgehead atoms. The van der Waals surface area contributed by atoms with Crippen LogP contribution < -0.4 is 5.32 Å². The summed E-state index contributed by atoms with van der Waals surface area (Å²) in [5.41, 5.74) is 1.17. The summed E-state index contributed by atoms with van der Waals surface area (Å²) in [5.74, 6) is -0.0961. The normalized spacial score (nSPS) is 9.50. The molecule has 7 nitrogen and oxygen atoms in total. The smallest absolute Gasteiger partial charge is 0.252 e. The van der Waals surface area contributed by atoms with Crippen LogP contribution in [-0.2, 0) is 11.3 Å². The molecule has 0 saturated carbocycles. The summed E-state index contributed by atoms with van der Waals surface area (Å²) in [6.07, 6.45) is 1.63. The maximum absolute atomic E-state index is 11.7. The van der Waals surface area contributed by atoms with Gasteiger partial charge in [-0.3, -0.25) is 9.48 Å². The summed E-state index contributed by atoms with van der Waals surface area (Å²) in [5, 5.41) is 23.8. The minimum Gasteiger partial charge on any atom is -0.326 e. The first-order valence-corrected chi connectivity index (χ1v) is 5.81. The average Bonchev–Trinajstić information content (AvgIpc) is 2.94. The number of anilines is 1. The van der Waals surface area contributed by atoms with Crippen molar-refractivity contribution in [3.05, 3.63) is 42.0 Å². The second-order valence-corrected chi connectivity index (χ2v) is 3.93. The Bertz CT molecular complexity index is 689. The molecular weight excluding hydrogens is 256 g/mol. The molecule has 2 rings (SSSR count). The van der Waals surface area contributed by atoms with E-state index in [-0.39, 0.29) is 18.2 Å². The molecule has 7 heteroatoms. The summed E-state index contributed by atoms with van der Waals surface area (Å²) < 4.78 is 1.44. The number of nitriles is 2. The minimum atomic E-state index is -0.177. The van der Waals surface area contributed by atoms with Crippen LogP contribution in [0.15, 0.2) is 30.6 Å². The van der Waals surface area contributed by atoms with Gasteiger partial charge < -0.3 is 5.32 Å². The van der Waals surface area contributed by atoms with Crippen molar-refractivity contribution in [2.45, 2.75) is 13.0 Å². The van der Waals surface area contributed by atoms with Crippen molar-refractivity contribution < 1.29 is 4.79 Å². The van der Waals surface area contributed by atoms with Crippen LogP contribution in [0.4, 0.5) is 5.69 Å². The molecule has 0 saturated heterocycles. The molecular formula is C13H10N6O. The highest BCUT2D eigenvalue weighted by atomic mass is 16.1. The van der Waals surface area contributed by atoms with E-state index in [4.69, 9.17) is 10.5 Å². The van der Waals surface area contributed by atoms with Crippen LogP contribution in [0.2, 0.25) is 0 Å². The summed E-state index contributed by atoms with van der Waals surface area (Å²) >= 11 is 0. The van der Waals surface area contributed by atoms with Crippen molar-refractivity contribution in [3.63, 3.8) is 0 Å². The second kappa shape index (κ2) is 6.12. The molecule has 0 aliphatic carbocycles. The Labute approximate surface area is 115 Å². The number of carbonyl (C=O) groups is 1. The largest absolute Gasteiger partial charge is 0.326 e. The Balaban J connectivity index is 1.86. The molecule has 20 heavy (non-hydrogen) atoms. The van der Waals surface area contributed by atoms with Crippen LogP contribution in [0.3, 0.4) is 0 Å². The number of aryl methyl sites for hydroxylation is 1. The predicted molar refractivity (Wildman–Crippen MR) is 69.1 cm³/mol. The average molecular weight is 266 g/mol. The molecule has 1 aromatic heterocycles. The van der Waals surface area contributed by atoms with Crippen LogP contribution in [0.5, 0.6) is 0 Å². The summed E-state index contributed by atoms with van der Waals surface area (Å²) in [6.45, 7) is 0.344. The molecule has 0 atom stereocenters. The number of hydrogen-bond acceptors (Lipinski definition) is 5. The molecule has 0 fully saturated rings. The first kappa shape index (κ1) is 13.2. The molecule has 1 N–H and O–H groups in total. The van der Waals surface area contributed by atoms with E-state index in [2.05, 4.69) is 15.4 Å². The van der Waals surface area contributed by atoms with E-state index in [1.165, 1.54) is 11.0 Å². The lowest BCUT2D eigenvalue weighted by Gasteiger charge is -2.05. The fourth-order valence-electron chi connectivity index (χ4n) is 1.52. The fourth-order valence-corrected chi connectivity index (χ4v) is 1.52. The molecule has 0 spiro atoms. The highest BCUT2D eigenvalue weighted by molar-refractivity contribution is 5.90. The molecule has 1 amide bonds. The van der Waals surface area contributed by atoms with Crippen LogP contribution in [0.1, 0.15) is 17.8 Å². The number of carbonyl (C=O) groups excluding carboxylic acids is 1. The molecule has 1 heterocycles. The zero-order chi connectivity index (χ0) is 14.4. The van der Waals surface area contributed by atoms with Crippen LogP contribution in [0, 0.1) is 22.7 Å². The standard InChI is InChI=1S/C13H10N6O/c14-7-10-1-3-11(4-2-10)17-13(20)5-6-19-9-16-12(8-15)18-19/h1-4,9H,5-6H2,(H,17,20). The van der Waals surface area contributed by atoms with Gasteiger partial charge in [0.2, 0.25) is 5.91 Å². The van der Waals surface area contributed by atoms with Crippen LogP contribution in [-0.4, -0.2) is 20.7 Å². The van der Waals surface area contributed by atoms with Gasteiger partial charge in [-0.25, -0.2) is 4.98 Å². The van der Waals surface area contributed by atoms with Gasteiger partial charge in [-0.15, -0.1) is 5.10 Å². The van der Waals surface area contributed by atoms with Crippen molar-refractivity contribution in [2.24, 2.45) is 0 Å². The third-order valence-corrected chi connectivity index (χ3v) is 2.50. The van der Waals surface area contributed by atoms with Crippen molar-refractivity contribution in [3.8, 4) is 12.1 Å². The lowest BCUT2D eigenvalue weighted by molar-refractivity contribution is -0.116. The van der Waals surface area contributed by atoms with E-state index >= 15 is 0 Å². The van der Waals surface area contributed by atoms with E-state index in [1.807, 2.05) is 12.1 Å². The number of benzene rings is 1. The van der Waals surface area contributed by atoms with Crippen molar-refractivity contribution >= 4 is 11.6 Å². The van der Waals surface area contributed by atoms with Gasteiger partial charge in [0.25, 0.3) is 5.82 Å². The van der Waals surface area contributed by atoms with Gasteiger partial charge in [-0.2, -0.15) is 10.5 Å². The maximum Gasteiger partial charge on any atom is 0.252 e. The maximum atomic E-state index is 11.7. The summed E-state index contributed by atoms with van der Waals surface area (Å²) in [7, 11) is 0. The molecule has 0 radical (unpaired) electrons. The van der Waals surface area contributed by atoms with Gasteiger partial charge in [0.15, 0.2) is 0 Å². The molecule has 1 aromatic carbocycles. The predicted octanol–water partition coefficient (Wildman–Crippen LogP) is 1.05. The minimum absolute atomic E-state index is 0.0810. The number of hydrogen-bond donors (Lipinski definition) is 1. The third-order valence-electron chi connectivity index (χ3n) is 2.50. The fraction of sp³-hybridized carbons (Fsp3) is 0.154. The Morgan fingerprint density at radius 3 is 2.60 bits per heavy atom. The molecule has 0 aliphatic heterocycles. The van der Waals surface area contributed by atoms with Gasteiger partial charge >= 0.3 is 0 Å². The summed E-state index contributed by atoms with van der Waals surface area (Å²) in [6, 6.07) is 10.4. The highest BCUT2D eigenvalue weighted by Crippen LogP contribution is 2.09. The monoisotopic (exact) mass is 266 g/mol. The highest BCUT2D eigenvalue weighted by Gasteiger charge is 2.05. The Kier molecular flexibility index (Phi) is 4.05. The first-order chi connectivity index (χ1) is 9.71. The zero-order valence-corrected chi connectivity index (χ0v) is 10.4. The number of nitrogens with one attached hydrogen (secondary N) is 1. The molecule has 0 aliphatic rings. The summed E-state index contributed by atoms with van der Waals surface area (Å²) in [4.78, 5) is 15.5. The number of aromatic nitrogens is 3. The molecule has 0 unspecified atom stereocenters. The topological polar surface area (TPSA) is 107 Å². The van der Waals surface area contributed by atoms with Crippen LogP contribution in [0.25, 0.3) is 0 Å². The number of amides is 1. The Morgan fingerprint density at radius 2 is 2.00 bits per heavy atom. The second-order valence-electron chi connectivity index (χ2n) is 3.93. The Morgan fingerprint density at radius 1 is 1.25 bits per heavy atom. The lowest BCUT2D eigenvalue weighted by atomic mass is 10.2. The molecule has 2 aromatic rings. The van der Waals surface area contributed by atoms with Gasteiger partial charge in [-0.1, -0.05) is 0 Å². The Hall–Kier alpha value is -3.19. The van der Waals surface area contributed by atoms with Crippen LogP contribution >= 0.6 is 0 Å². The van der Waals surface area contributed by atoms with Crippen molar-refractivity contribution in [1.82, 2.24) is 14.8 Å². The van der Waals surface area contributed by atoms with Crippen molar-refractivity contribution in [1.29, 1.82) is 10.5 Å². The van der Waals surface area contributed by atoms with E-state index in [0.717, 1.165) is 0 Å². The molecule has 98 valence electrons. The van der Waals surface area contributed by atoms with E-state index in [0.29, 0.717) is 17.8 Å². The lowest BCUT2D eigenvalue weighted by Crippen LogP contribution is -2.14. The van der Waals surface area contributed by atoms with Gasteiger partial charge in [-0.05, 0) is 24.3 Å². The third kappa shape index (κ3) is 3.40. The van der Waals surface area contributed by atoms with Crippen molar-refractivity contribution in [2.75, 3.05) is 5.32 Å². The zero-order valence-electron chi connectivity index (χ0n) is 10.4. The van der Waals surface area contributed by atoms with E-state index < -0.39 is 0 Å². The van der Waals surface area contributed by atoms with E-state index in [1.54, 1.807) is 24.3 Å².